The number of aryl methyl sites for hydroxylation is 1. The second-order valence-electron chi connectivity index (χ2n) is 18.8. The molecule has 0 spiro atoms. The van der Waals surface area contributed by atoms with E-state index in [-0.39, 0.29) is 63.1 Å². The largest absolute Gasteiger partial charge is 0.508 e. The number of Topliss-reactive ketones (excluding diaryl/α,β-unsaturated/α-hetero) is 2. The molecule has 7 aromatic rings. The van der Waals surface area contributed by atoms with E-state index in [4.69, 9.17) is 4.74 Å². The highest BCUT2D eigenvalue weighted by molar-refractivity contribution is 5.96. The van der Waals surface area contributed by atoms with E-state index in [0.717, 1.165) is 38.9 Å². The zero-order valence-electron chi connectivity index (χ0n) is 40.8. The van der Waals surface area contributed by atoms with Crippen molar-refractivity contribution >= 4 is 35.3 Å². The first kappa shape index (κ1) is 51.6. The molecular formula is C61H58N4O9. The van der Waals surface area contributed by atoms with Gasteiger partial charge in [0.25, 0.3) is 0 Å². The molecule has 13 heteroatoms. The van der Waals surface area contributed by atoms with Crippen molar-refractivity contribution in [2.75, 3.05) is 6.61 Å². The molecule has 376 valence electrons. The van der Waals surface area contributed by atoms with Crippen molar-refractivity contribution in [3.05, 3.63) is 210 Å². The Morgan fingerprint density at radius 2 is 1.16 bits per heavy atom. The fraction of sp³-hybridized carbons (Fsp3) is 0.230. The lowest BCUT2D eigenvalue weighted by atomic mass is 9.89. The van der Waals surface area contributed by atoms with Crippen LogP contribution >= 0.6 is 0 Å². The van der Waals surface area contributed by atoms with Crippen LogP contribution in [0.5, 0.6) is 11.5 Å². The Morgan fingerprint density at radius 1 is 0.595 bits per heavy atom. The molecule has 2 aliphatic heterocycles. The van der Waals surface area contributed by atoms with Gasteiger partial charge in [0.1, 0.15) is 30.2 Å². The third kappa shape index (κ3) is 14.7. The number of carbonyl (C=O) groups is 6. The van der Waals surface area contributed by atoms with Crippen molar-refractivity contribution in [1.82, 2.24) is 20.9 Å². The quantitative estimate of drug-likeness (QED) is 0.0709. The first-order valence-corrected chi connectivity index (χ1v) is 24.8. The number of benzene rings is 6. The van der Waals surface area contributed by atoms with Gasteiger partial charge in [-0.1, -0.05) is 133 Å². The average molecular weight is 991 g/mol. The molecule has 0 aliphatic carbocycles. The molecule has 2 aliphatic rings. The second kappa shape index (κ2) is 25.1. The van der Waals surface area contributed by atoms with Gasteiger partial charge in [0.05, 0.1) is 6.04 Å². The number of aliphatic carboxylic acids is 1. The lowest BCUT2D eigenvalue weighted by Gasteiger charge is -2.26. The topological polar surface area (TPSA) is 201 Å². The standard InChI is InChI=1S/C61H58N4O9/c66-51-24-15-44(16-25-51)36-56(61(72)73)65-59(70)50-34-42-17-26-53(27-18-42)74-39-52(67)37-49(33-41-11-20-47(21-12-41)48-29-31-62-32-30-48)58(69)64-55(35-43-13-22-46(23-14-43)45-9-5-2-6-10-45)60(71)63-54(57(68)38-50)28-19-40-7-3-1-4-8-40/h1-18,20-27,29-32,49-50,54-56,66H,19,28,33-39H2,(H,63,71)(H,64,69)(H,65,70)(H,72,73)/t49-,50-,54+,55-,56-/m1/s1. The number of carbonyl (C=O) groups excluding carboxylic acids is 5. The van der Waals surface area contributed by atoms with Crippen molar-refractivity contribution in [3.8, 4) is 33.8 Å². The van der Waals surface area contributed by atoms with Gasteiger partial charge in [0.2, 0.25) is 17.7 Å². The Balaban J connectivity index is 1.12. The lowest BCUT2D eigenvalue weighted by Crippen LogP contribution is -2.54. The minimum Gasteiger partial charge on any atom is -0.508 e. The van der Waals surface area contributed by atoms with Gasteiger partial charge in [0, 0.05) is 49.9 Å². The maximum Gasteiger partial charge on any atom is 0.326 e. The number of aromatic nitrogens is 1. The summed E-state index contributed by atoms with van der Waals surface area (Å²) in [6.45, 7) is -0.345. The van der Waals surface area contributed by atoms with Crippen LogP contribution in [0.25, 0.3) is 22.3 Å². The zero-order valence-corrected chi connectivity index (χ0v) is 40.8. The normalized spacial score (nSPS) is 18.1. The Hall–Kier alpha value is -8.71. The number of hydrogen-bond donors (Lipinski definition) is 5. The van der Waals surface area contributed by atoms with E-state index >= 15 is 0 Å². The smallest absolute Gasteiger partial charge is 0.326 e. The van der Waals surface area contributed by atoms with E-state index in [9.17, 15) is 39.0 Å². The fourth-order valence-corrected chi connectivity index (χ4v) is 9.16. The number of phenolic OH excluding ortho intramolecular Hbond substituents is 1. The molecule has 1 aromatic heterocycles. The van der Waals surface area contributed by atoms with Crippen LogP contribution in [0, 0.1) is 11.8 Å². The molecule has 0 unspecified atom stereocenters. The first-order valence-electron chi connectivity index (χ1n) is 24.8. The number of amides is 3. The number of rotatable bonds is 14. The summed E-state index contributed by atoms with van der Waals surface area (Å²) >= 11 is 0. The van der Waals surface area contributed by atoms with Gasteiger partial charge in [-0.15, -0.1) is 0 Å². The number of carboxylic acids is 1. The summed E-state index contributed by atoms with van der Waals surface area (Å²) in [5, 5.41) is 28.7. The number of nitrogens with zero attached hydrogens (tertiary/aromatic N) is 1. The van der Waals surface area contributed by atoms with E-state index in [0.29, 0.717) is 23.3 Å². The third-order valence-corrected chi connectivity index (χ3v) is 13.3. The number of hydrogen-bond acceptors (Lipinski definition) is 9. The summed E-state index contributed by atoms with van der Waals surface area (Å²) in [5.41, 5.74) is 7.49. The zero-order chi connectivity index (χ0) is 51.8. The van der Waals surface area contributed by atoms with Crippen LogP contribution in [0.4, 0.5) is 0 Å². The van der Waals surface area contributed by atoms with Gasteiger partial charge in [-0.3, -0.25) is 29.0 Å². The molecule has 0 fully saturated rings. The van der Waals surface area contributed by atoms with Crippen LogP contribution in [0.15, 0.2) is 182 Å². The monoisotopic (exact) mass is 990 g/mol. The van der Waals surface area contributed by atoms with Crippen molar-refractivity contribution in [1.29, 1.82) is 0 Å². The van der Waals surface area contributed by atoms with Gasteiger partial charge in [-0.2, -0.15) is 0 Å². The van der Waals surface area contributed by atoms with E-state index < -0.39 is 59.4 Å². The summed E-state index contributed by atoms with van der Waals surface area (Å²) in [6.07, 6.45) is 3.51. The number of aromatic hydroxyl groups is 1. The SMILES string of the molecule is O=C1COc2ccc(cc2)C[C@@H](C(=O)N[C@H](Cc2ccc(O)cc2)C(=O)O)CC(=O)[C@H](CCc2ccccc2)NC(=O)[C@@H](Cc2ccc(-c3ccccc3)cc2)NC(=O)[C@H](Cc2ccc(-c3ccncc3)cc2)C1. The summed E-state index contributed by atoms with van der Waals surface area (Å²) in [6, 6.07) is 47.4. The molecule has 13 nitrogen and oxygen atoms in total. The first-order chi connectivity index (χ1) is 35.9. The van der Waals surface area contributed by atoms with Crippen molar-refractivity contribution in [2.45, 2.75) is 69.5 Å². The van der Waals surface area contributed by atoms with Crippen molar-refractivity contribution < 1.29 is 43.7 Å². The third-order valence-electron chi connectivity index (χ3n) is 13.3. The van der Waals surface area contributed by atoms with Crippen molar-refractivity contribution in [3.63, 3.8) is 0 Å². The molecule has 2 bridgehead atoms. The predicted octanol–water partition coefficient (Wildman–Crippen LogP) is 8.11. The number of ether oxygens (including phenoxy) is 1. The van der Waals surface area contributed by atoms with E-state index in [1.807, 2.05) is 121 Å². The van der Waals surface area contributed by atoms with E-state index in [1.54, 1.807) is 48.8 Å². The van der Waals surface area contributed by atoms with Crippen LogP contribution in [-0.4, -0.2) is 75.2 Å². The highest BCUT2D eigenvalue weighted by Crippen LogP contribution is 2.25. The molecule has 74 heavy (non-hydrogen) atoms. The minimum absolute atomic E-state index is 0.00261. The number of ketones is 2. The summed E-state index contributed by atoms with van der Waals surface area (Å²) < 4.78 is 5.94. The molecule has 6 aromatic carbocycles. The Kier molecular flexibility index (Phi) is 17.5. The highest BCUT2D eigenvalue weighted by Gasteiger charge is 2.34. The minimum atomic E-state index is -1.37. The number of carboxylic acid groups (broad SMARTS) is 1. The van der Waals surface area contributed by atoms with Crippen molar-refractivity contribution in [2.24, 2.45) is 11.8 Å². The number of phenols is 1. The number of pyridine rings is 1. The molecule has 0 saturated carbocycles. The number of fused-ring (bicyclic) bond motifs is 16. The fourth-order valence-electron chi connectivity index (χ4n) is 9.16. The van der Waals surface area contributed by atoms with Gasteiger partial charge in [-0.25, -0.2) is 4.79 Å². The lowest BCUT2D eigenvalue weighted by molar-refractivity contribution is -0.142. The number of nitrogens with one attached hydrogen (secondary N) is 3. The second-order valence-corrected chi connectivity index (χ2v) is 18.8. The van der Waals surface area contributed by atoms with Crippen LogP contribution < -0.4 is 20.7 Å². The van der Waals surface area contributed by atoms with Crippen LogP contribution in [-0.2, 0) is 60.9 Å². The molecule has 3 heterocycles. The van der Waals surface area contributed by atoms with Crippen LogP contribution in [0.3, 0.4) is 0 Å². The maximum absolute atomic E-state index is 14.9. The Morgan fingerprint density at radius 3 is 1.80 bits per heavy atom. The van der Waals surface area contributed by atoms with Gasteiger partial charge in [-0.05, 0) is 112 Å². The van der Waals surface area contributed by atoms with Gasteiger partial charge < -0.3 is 30.9 Å². The van der Waals surface area contributed by atoms with Gasteiger partial charge in [0.15, 0.2) is 11.6 Å². The molecule has 9 rings (SSSR count). The van der Waals surface area contributed by atoms with E-state index in [1.165, 1.54) is 12.1 Å². The summed E-state index contributed by atoms with van der Waals surface area (Å²) in [4.78, 5) is 89.4. The highest BCUT2D eigenvalue weighted by atomic mass is 16.5. The molecular weight excluding hydrogens is 933 g/mol. The molecule has 0 saturated heterocycles. The Labute approximate surface area is 430 Å². The average Bonchev–Trinajstić information content (AvgIpc) is 3.42. The van der Waals surface area contributed by atoms with Gasteiger partial charge >= 0.3 is 5.97 Å². The Bertz CT molecular complexity index is 3010. The molecule has 3 amide bonds. The predicted molar refractivity (Wildman–Crippen MR) is 281 cm³/mol. The molecule has 0 radical (unpaired) electrons. The molecule has 5 N–H and O–H groups in total. The summed E-state index contributed by atoms with van der Waals surface area (Å²) in [5.74, 6) is -5.61. The van der Waals surface area contributed by atoms with Crippen LogP contribution in [0.1, 0.15) is 47.1 Å². The van der Waals surface area contributed by atoms with Crippen LogP contribution in [0.2, 0.25) is 0 Å². The molecule has 5 atom stereocenters. The maximum atomic E-state index is 14.9. The van der Waals surface area contributed by atoms with E-state index in [2.05, 4.69) is 20.9 Å². The summed E-state index contributed by atoms with van der Waals surface area (Å²) in [7, 11) is 0.